The molecule has 0 radical (unpaired) electrons. The highest BCUT2D eigenvalue weighted by atomic mass is 32.1. The Bertz CT molecular complexity index is 1250. The highest BCUT2D eigenvalue weighted by molar-refractivity contribution is 7.17. The van der Waals surface area contributed by atoms with Crippen molar-refractivity contribution in [2.75, 3.05) is 6.54 Å². The van der Waals surface area contributed by atoms with Gasteiger partial charge in [-0.15, -0.1) is 11.3 Å². The van der Waals surface area contributed by atoms with Crippen LogP contribution in [0, 0.1) is 6.92 Å². The second-order valence-corrected chi connectivity index (χ2v) is 8.77. The fraction of sp³-hybridized carbons (Fsp3) is 0.304. The molecule has 1 aliphatic rings. The predicted octanol–water partition coefficient (Wildman–Crippen LogP) is 5.05. The van der Waals surface area contributed by atoms with Crippen molar-refractivity contribution >= 4 is 32.3 Å². The number of benzene rings is 1. The quantitative estimate of drug-likeness (QED) is 0.513. The summed E-state index contributed by atoms with van der Waals surface area (Å²) in [7, 11) is 0. The van der Waals surface area contributed by atoms with Crippen LogP contribution >= 0.6 is 11.3 Å². The van der Waals surface area contributed by atoms with Crippen molar-refractivity contribution in [2.24, 2.45) is 5.73 Å². The van der Waals surface area contributed by atoms with Crippen LogP contribution in [0.3, 0.4) is 0 Å². The van der Waals surface area contributed by atoms with Crippen LogP contribution in [0.25, 0.3) is 32.1 Å². The van der Waals surface area contributed by atoms with E-state index in [-0.39, 0.29) is 5.56 Å². The summed E-state index contributed by atoms with van der Waals surface area (Å²) in [5.74, 6) is 0.853. The highest BCUT2D eigenvalue weighted by Gasteiger charge is 2.30. The topological polar surface area (TPSA) is 71.8 Å². The molecule has 0 aliphatic heterocycles. The van der Waals surface area contributed by atoms with Crippen molar-refractivity contribution in [3.63, 3.8) is 0 Å². The fourth-order valence-corrected chi connectivity index (χ4v) is 4.86. The number of thiophene rings is 1. The second kappa shape index (κ2) is 6.54. The molecule has 0 saturated heterocycles. The smallest absolute Gasteiger partial charge is 0.266 e. The lowest BCUT2D eigenvalue weighted by molar-refractivity contribution is 0.774. The van der Waals surface area contributed by atoms with Gasteiger partial charge in [0.25, 0.3) is 5.56 Å². The molecule has 1 aromatic carbocycles. The number of aromatic nitrogens is 2. The van der Waals surface area contributed by atoms with Crippen LogP contribution in [0.2, 0.25) is 0 Å². The minimum atomic E-state index is -0.0281. The number of pyridine rings is 2. The van der Waals surface area contributed by atoms with Gasteiger partial charge in [0.15, 0.2) is 0 Å². The van der Waals surface area contributed by atoms with E-state index in [9.17, 15) is 4.79 Å². The maximum atomic E-state index is 12.6. The Labute approximate surface area is 167 Å². The number of nitrogens with one attached hydrogen (secondary N) is 1. The molecule has 3 N–H and O–H groups in total. The van der Waals surface area contributed by atoms with E-state index >= 15 is 0 Å². The van der Waals surface area contributed by atoms with Crippen LogP contribution in [-0.4, -0.2) is 16.5 Å². The van der Waals surface area contributed by atoms with E-state index in [1.165, 1.54) is 41.0 Å². The van der Waals surface area contributed by atoms with Crippen LogP contribution in [-0.2, 0) is 0 Å². The van der Waals surface area contributed by atoms with E-state index in [0.717, 1.165) is 32.2 Å². The van der Waals surface area contributed by atoms with Crippen LogP contribution in [0.5, 0.6) is 0 Å². The zero-order valence-corrected chi connectivity index (χ0v) is 16.9. The van der Waals surface area contributed by atoms with E-state index in [2.05, 4.69) is 42.2 Å². The zero-order valence-electron chi connectivity index (χ0n) is 16.1. The van der Waals surface area contributed by atoms with Gasteiger partial charge in [0.1, 0.15) is 4.70 Å². The molecule has 3 aromatic heterocycles. The lowest BCUT2D eigenvalue weighted by atomic mass is 9.92. The number of fused-ring (bicyclic) bond motifs is 3. The van der Waals surface area contributed by atoms with Crippen LogP contribution in [0.15, 0.2) is 40.5 Å². The summed E-state index contributed by atoms with van der Waals surface area (Å²) in [5, 5.41) is 4.16. The van der Waals surface area contributed by atoms with Gasteiger partial charge in [0.05, 0.1) is 16.9 Å². The summed E-state index contributed by atoms with van der Waals surface area (Å²) in [4.78, 5) is 20.6. The predicted molar refractivity (Wildman–Crippen MR) is 117 cm³/mol. The number of rotatable bonds is 4. The number of hydrogen-bond donors (Lipinski definition) is 2. The molecule has 1 aliphatic carbocycles. The Morgan fingerprint density at radius 2 is 2.00 bits per heavy atom. The van der Waals surface area contributed by atoms with Gasteiger partial charge >= 0.3 is 0 Å². The maximum Gasteiger partial charge on any atom is 0.266 e. The summed E-state index contributed by atoms with van der Waals surface area (Å²) in [5.41, 5.74) is 12.3. The second-order valence-electron chi connectivity index (χ2n) is 7.86. The molecule has 5 rings (SSSR count). The monoisotopic (exact) mass is 389 g/mol. The minimum absolute atomic E-state index is 0.0281. The van der Waals surface area contributed by atoms with Crippen LogP contribution in [0.1, 0.15) is 48.6 Å². The van der Waals surface area contributed by atoms with E-state index in [1.807, 2.05) is 12.3 Å². The van der Waals surface area contributed by atoms with Crippen molar-refractivity contribution in [1.29, 1.82) is 0 Å². The third-order valence-corrected chi connectivity index (χ3v) is 6.78. The average molecular weight is 390 g/mol. The van der Waals surface area contributed by atoms with E-state index in [4.69, 9.17) is 10.7 Å². The van der Waals surface area contributed by atoms with Crippen molar-refractivity contribution < 1.29 is 0 Å². The van der Waals surface area contributed by atoms with Crippen molar-refractivity contribution in [1.82, 2.24) is 9.97 Å². The number of aryl methyl sites for hydroxylation is 1. The lowest BCUT2D eigenvalue weighted by Gasteiger charge is -2.16. The van der Waals surface area contributed by atoms with E-state index < -0.39 is 0 Å². The molecule has 0 spiro atoms. The molecule has 0 unspecified atom stereocenters. The molecule has 5 heteroatoms. The Morgan fingerprint density at radius 1 is 1.25 bits per heavy atom. The lowest BCUT2D eigenvalue weighted by Crippen LogP contribution is -2.09. The van der Waals surface area contributed by atoms with Crippen molar-refractivity contribution in [2.45, 2.75) is 38.5 Å². The third-order valence-electron chi connectivity index (χ3n) is 5.87. The van der Waals surface area contributed by atoms with Crippen molar-refractivity contribution in [3.8, 4) is 11.1 Å². The molecule has 142 valence electrons. The largest absolute Gasteiger partial charge is 0.330 e. The Balaban J connectivity index is 1.86. The molecule has 0 bridgehead atoms. The number of hydrogen-bond acceptors (Lipinski definition) is 4. The normalized spacial score (nSPS) is 15.4. The summed E-state index contributed by atoms with van der Waals surface area (Å²) in [6, 6.07) is 10.8. The molecule has 28 heavy (non-hydrogen) atoms. The molecule has 0 amide bonds. The maximum absolute atomic E-state index is 12.6. The molecular weight excluding hydrogens is 366 g/mol. The van der Waals surface area contributed by atoms with Gasteiger partial charge in [-0.3, -0.25) is 9.78 Å². The van der Waals surface area contributed by atoms with Gasteiger partial charge in [0, 0.05) is 22.3 Å². The number of H-pyrrole nitrogens is 1. The molecule has 4 aromatic rings. The van der Waals surface area contributed by atoms with Gasteiger partial charge < -0.3 is 10.7 Å². The van der Waals surface area contributed by atoms with Gasteiger partial charge in [-0.25, -0.2) is 0 Å². The fourth-order valence-electron chi connectivity index (χ4n) is 4.06. The first kappa shape index (κ1) is 17.6. The standard InChI is InChI=1S/C23H23N3OS/c1-12(11-24)14-3-5-15(6-4-14)18-19-17-9-10-28-22(17)23(27)26-20(19)13(2)25-21(18)16-7-8-16/h3-6,9-10,12,16H,7-8,11,24H2,1-2H3,(H,26,27)/t12-/m0/s1. The molecule has 4 nitrogen and oxygen atoms in total. The average Bonchev–Trinajstić information content (AvgIpc) is 3.44. The number of aromatic amines is 1. The zero-order chi connectivity index (χ0) is 19.4. The number of nitrogens with zero attached hydrogens (tertiary/aromatic N) is 1. The first-order valence-electron chi connectivity index (χ1n) is 9.82. The summed E-state index contributed by atoms with van der Waals surface area (Å²) in [6.07, 6.45) is 2.37. The third kappa shape index (κ3) is 2.69. The Kier molecular flexibility index (Phi) is 4.11. The SMILES string of the molecule is Cc1nc(C2CC2)c(-c2ccc([C@@H](C)CN)cc2)c2c1[nH]c(=O)c1sccc12. The summed E-state index contributed by atoms with van der Waals surface area (Å²) >= 11 is 1.50. The molecule has 1 fully saturated rings. The van der Waals surface area contributed by atoms with E-state index in [0.29, 0.717) is 18.4 Å². The highest BCUT2D eigenvalue weighted by Crippen LogP contribution is 2.47. The van der Waals surface area contributed by atoms with Crippen molar-refractivity contribution in [3.05, 3.63) is 63.0 Å². The van der Waals surface area contributed by atoms with Crippen LogP contribution in [0.4, 0.5) is 0 Å². The van der Waals surface area contributed by atoms with Gasteiger partial charge in [-0.1, -0.05) is 31.2 Å². The first-order valence-corrected chi connectivity index (χ1v) is 10.7. The Hall–Kier alpha value is -2.50. The van der Waals surface area contributed by atoms with Gasteiger partial charge in [-0.05, 0) is 54.8 Å². The first-order chi connectivity index (χ1) is 13.6. The minimum Gasteiger partial charge on any atom is -0.330 e. The Morgan fingerprint density at radius 3 is 2.68 bits per heavy atom. The molecule has 3 heterocycles. The van der Waals surface area contributed by atoms with Gasteiger partial charge in [-0.2, -0.15) is 0 Å². The van der Waals surface area contributed by atoms with Crippen LogP contribution < -0.4 is 11.3 Å². The number of nitrogens with two attached hydrogens (primary N) is 1. The summed E-state index contributed by atoms with van der Waals surface area (Å²) < 4.78 is 0.787. The molecule has 1 atom stereocenters. The van der Waals surface area contributed by atoms with E-state index in [1.54, 1.807) is 0 Å². The summed E-state index contributed by atoms with van der Waals surface area (Å²) in [6.45, 7) is 4.78. The van der Waals surface area contributed by atoms with Gasteiger partial charge in [0.2, 0.25) is 0 Å². The molecule has 1 saturated carbocycles. The molecular formula is C23H23N3OS.